The molecule has 1 fully saturated rings. The third-order valence-corrected chi connectivity index (χ3v) is 6.33. The topological polar surface area (TPSA) is 85.6 Å². The zero-order valence-corrected chi connectivity index (χ0v) is 18.9. The minimum atomic E-state index is -0.147. The van der Waals surface area contributed by atoms with Crippen LogP contribution in [0.1, 0.15) is 66.1 Å². The number of amides is 1. The highest BCUT2D eigenvalue weighted by atomic mass is 32.2. The Bertz CT molecular complexity index is 1010. The molecule has 0 atom stereocenters. The molecule has 4 rings (SSSR count). The van der Waals surface area contributed by atoms with Gasteiger partial charge in [0.2, 0.25) is 0 Å². The number of hydrogen-bond donors (Lipinski definition) is 1. The van der Waals surface area contributed by atoms with Gasteiger partial charge in [0.1, 0.15) is 0 Å². The Labute approximate surface area is 187 Å². The maximum absolute atomic E-state index is 13.1. The van der Waals surface area contributed by atoms with Crippen molar-refractivity contribution < 1.29 is 4.79 Å². The minimum absolute atomic E-state index is 0.147. The summed E-state index contributed by atoms with van der Waals surface area (Å²) in [7, 11) is 0. The van der Waals surface area contributed by atoms with Gasteiger partial charge in [-0.2, -0.15) is 0 Å². The number of hydrogen-bond acceptors (Lipinski definition) is 6. The van der Waals surface area contributed by atoms with Crippen LogP contribution in [-0.2, 0) is 5.75 Å². The number of nitrogens with zero attached hydrogens (tertiary/aromatic N) is 5. The fourth-order valence-corrected chi connectivity index (χ4v) is 4.89. The van der Waals surface area contributed by atoms with Crippen molar-refractivity contribution in [1.82, 2.24) is 30.3 Å². The standard InChI is InChI=1S/C23H28N6OS/c1-16-14-17(2)25-23(24-16)31-15-20-21(22(30)26-18-10-6-3-4-7-11-18)27-28-29(20)19-12-8-5-9-13-19/h5,8-9,12-14,18H,3-4,6-7,10-11,15H2,1-2H3,(H,26,30). The van der Waals surface area contributed by atoms with E-state index in [2.05, 4.69) is 25.6 Å². The van der Waals surface area contributed by atoms with E-state index in [1.54, 1.807) is 4.68 Å². The summed E-state index contributed by atoms with van der Waals surface area (Å²) in [4.78, 5) is 22.2. The molecule has 3 aromatic rings. The average Bonchev–Trinajstić information content (AvgIpc) is 3.02. The quantitative estimate of drug-likeness (QED) is 0.350. The van der Waals surface area contributed by atoms with Gasteiger partial charge in [0, 0.05) is 23.2 Å². The lowest BCUT2D eigenvalue weighted by Crippen LogP contribution is -2.35. The van der Waals surface area contributed by atoms with Crippen molar-refractivity contribution in [2.45, 2.75) is 69.3 Å². The van der Waals surface area contributed by atoms with Gasteiger partial charge in [-0.3, -0.25) is 4.79 Å². The summed E-state index contributed by atoms with van der Waals surface area (Å²) in [6.07, 6.45) is 6.86. The van der Waals surface area contributed by atoms with E-state index in [1.807, 2.05) is 50.2 Å². The number of aryl methyl sites for hydroxylation is 2. The van der Waals surface area contributed by atoms with E-state index < -0.39 is 0 Å². The predicted octanol–water partition coefficient (Wildman–Crippen LogP) is 4.42. The predicted molar refractivity (Wildman–Crippen MR) is 121 cm³/mol. The van der Waals surface area contributed by atoms with E-state index in [4.69, 9.17) is 0 Å². The molecule has 0 bridgehead atoms. The van der Waals surface area contributed by atoms with E-state index in [9.17, 15) is 4.79 Å². The molecule has 2 heterocycles. The molecule has 0 saturated heterocycles. The van der Waals surface area contributed by atoms with Crippen molar-refractivity contribution in [3.05, 3.63) is 59.2 Å². The number of thioether (sulfide) groups is 1. The summed E-state index contributed by atoms with van der Waals surface area (Å²) >= 11 is 1.49. The molecule has 7 nitrogen and oxygen atoms in total. The maximum atomic E-state index is 13.1. The third-order valence-electron chi connectivity index (χ3n) is 5.47. The molecule has 1 aromatic carbocycles. The SMILES string of the molecule is Cc1cc(C)nc(SCc2c(C(=O)NC3CCCCCC3)nnn2-c2ccccc2)n1. The highest BCUT2D eigenvalue weighted by Crippen LogP contribution is 2.24. The van der Waals surface area contributed by atoms with Gasteiger partial charge in [-0.25, -0.2) is 14.6 Å². The molecule has 0 unspecified atom stereocenters. The molecule has 1 aliphatic carbocycles. The van der Waals surface area contributed by atoms with E-state index in [-0.39, 0.29) is 11.9 Å². The number of nitrogens with one attached hydrogen (secondary N) is 1. The molecule has 0 spiro atoms. The summed E-state index contributed by atoms with van der Waals surface area (Å²) in [6, 6.07) is 11.9. The molecule has 162 valence electrons. The van der Waals surface area contributed by atoms with Gasteiger partial charge in [0.15, 0.2) is 10.9 Å². The van der Waals surface area contributed by atoms with Gasteiger partial charge in [-0.15, -0.1) is 5.10 Å². The Morgan fingerprint density at radius 3 is 2.42 bits per heavy atom. The lowest BCUT2D eigenvalue weighted by Gasteiger charge is -2.16. The van der Waals surface area contributed by atoms with Crippen LogP contribution in [0.15, 0.2) is 41.6 Å². The summed E-state index contributed by atoms with van der Waals surface area (Å²) < 4.78 is 1.75. The van der Waals surface area contributed by atoms with Crippen molar-refractivity contribution in [2.24, 2.45) is 0 Å². The molecular weight excluding hydrogens is 408 g/mol. The fraction of sp³-hybridized carbons (Fsp3) is 0.435. The molecule has 1 aliphatic rings. The number of carbonyl (C=O) groups excluding carboxylic acids is 1. The Morgan fingerprint density at radius 1 is 1.06 bits per heavy atom. The van der Waals surface area contributed by atoms with Crippen LogP contribution in [-0.4, -0.2) is 36.9 Å². The van der Waals surface area contributed by atoms with Crippen LogP contribution in [0.3, 0.4) is 0 Å². The highest BCUT2D eigenvalue weighted by molar-refractivity contribution is 7.98. The summed E-state index contributed by atoms with van der Waals surface area (Å²) in [5.74, 6) is 0.351. The van der Waals surface area contributed by atoms with Crippen LogP contribution >= 0.6 is 11.8 Å². The molecule has 0 radical (unpaired) electrons. The third kappa shape index (κ3) is 5.50. The molecule has 1 amide bonds. The van der Waals surface area contributed by atoms with Crippen LogP contribution in [0.5, 0.6) is 0 Å². The fourth-order valence-electron chi connectivity index (χ4n) is 3.95. The lowest BCUT2D eigenvalue weighted by atomic mass is 10.1. The van der Waals surface area contributed by atoms with Crippen molar-refractivity contribution in [3.63, 3.8) is 0 Å². The number of carbonyl (C=O) groups is 1. The molecule has 1 N–H and O–H groups in total. The van der Waals surface area contributed by atoms with Gasteiger partial charge < -0.3 is 5.32 Å². The molecule has 0 aliphatic heterocycles. The Kier molecular flexibility index (Phi) is 6.96. The number of aromatic nitrogens is 5. The van der Waals surface area contributed by atoms with Gasteiger partial charge >= 0.3 is 0 Å². The van der Waals surface area contributed by atoms with Crippen molar-refractivity contribution in [1.29, 1.82) is 0 Å². The first-order valence-electron chi connectivity index (χ1n) is 10.9. The lowest BCUT2D eigenvalue weighted by molar-refractivity contribution is 0.0927. The van der Waals surface area contributed by atoms with Crippen LogP contribution in [0.25, 0.3) is 5.69 Å². The molecule has 1 saturated carbocycles. The molecule has 2 aromatic heterocycles. The number of benzene rings is 1. The number of para-hydroxylation sites is 1. The second-order valence-electron chi connectivity index (χ2n) is 8.02. The Morgan fingerprint density at radius 2 is 1.74 bits per heavy atom. The largest absolute Gasteiger partial charge is 0.348 e. The normalized spacial score (nSPS) is 14.9. The monoisotopic (exact) mass is 436 g/mol. The first-order chi connectivity index (χ1) is 15.1. The Balaban J connectivity index is 1.60. The molecule has 8 heteroatoms. The minimum Gasteiger partial charge on any atom is -0.348 e. The van der Waals surface area contributed by atoms with Crippen LogP contribution < -0.4 is 5.32 Å². The maximum Gasteiger partial charge on any atom is 0.274 e. The highest BCUT2D eigenvalue weighted by Gasteiger charge is 2.24. The summed E-state index contributed by atoms with van der Waals surface area (Å²) in [6.45, 7) is 3.92. The van der Waals surface area contributed by atoms with Gasteiger partial charge in [0.25, 0.3) is 5.91 Å². The van der Waals surface area contributed by atoms with Gasteiger partial charge in [-0.05, 0) is 44.9 Å². The molecule has 31 heavy (non-hydrogen) atoms. The second kappa shape index (κ2) is 10.0. The van der Waals surface area contributed by atoms with Crippen LogP contribution in [0.4, 0.5) is 0 Å². The van der Waals surface area contributed by atoms with Gasteiger partial charge in [-0.1, -0.05) is 60.9 Å². The Hall–Kier alpha value is -2.74. The van der Waals surface area contributed by atoms with E-state index in [0.29, 0.717) is 16.6 Å². The van der Waals surface area contributed by atoms with Crippen LogP contribution in [0, 0.1) is 13.8 Å². The smallest absolute Gasteiger partial charge is 0.274 e. The van der Waals surface area contributed by atoms with Crippen molar-refractivity contribution in [3.8, 4) is 5.69 Å². The van der Waals surface area contributed by atoms with Crippen LogP contribution in [0.2, 0.25) is 0 Å². The summed E-state index contributed by atoms with van der Waals surface area (Å²) in [5.41, 5.74) is 3.86. The van der Waals surface area contributed by atoms with E-state index >= 15 is 0 Å². The summed E-state index contributed by atoms with van der Waals surface area (Å²) in [5, 5.41) is 12.5. The van der Waals surface area contributed by atoms with Crippen molar-refractivity contribution >= 4 is 17.7 Å². The second-order valence-corrected chi connectivity index (χ2v) is 8.96. The zero-order chi connectivity index (χ0) is 21.6. The van der Waals surface area contributed by atoms with Crippen molar-refractivity contribution in [2.75, 3.05) is 0 Å². The van der Waals surface area contributed by atoms with E-state index in [1.165, 1.54) is 24.6 Å². The molecular formula is C23H28N6OS. The first-order valence-corrected chi connectivity index (χ1v) is 11.8. The van der Waals surface area contributed by atoms with Gasteiger partial charge in [0.05, 0.1) is 11.4 Å². The average molecular weight is 437 g/mol. The first kappa shape index (κ1) is 21.5. The van der Waals surface area contributed by atoms with E-state index in [0.717, 1.165) is 48.5 Å². The zero-order valence-electron chi connectivity index (χ0n) is 18.0. The number of rotatable bonds is 6.